The average Bonchev–Trinajstić information content (AvgIpc) is 2.92. The van der Waals surface area contributed by atoms with Gasteiger partial charge < -0.3 is 11.1 Å². The highest BCUT2D eigenvalue weighted by Crippen LogP contribution is 2.38. The number of nitrogens with two attached hydrogens (primary N) is 1. The first kappa shape index (κ1) is 16.4. The SMILES string of the molecule is CCC(NC(=O)CC1(CN)CCCCC1)c1nc(C)cs1. The van der Waals surface area contributed by atoms with Crippen molar-refractivity contribution in [3.8, 4) is 0 Å². The van der Waals surface area contributed by atoms with E-state index in [4.69, 9.17) is 5.73 Å². The van der Waals surface area contributed by atoms with Gasteiger partial charge in [-0.1, -0.05) is 26.2 Å². The highest BCUT2D eigenvalue weighted by molar-refractivity contribution is 7.09. The number of nitrogens with one attached hydrogen (secondary N) is 1. The Balaban J connectivity index is 1.96. The Morgan fingerprint density at radius 1 is 1.48 bits per heavy atom. The molecule has 1 aliphatic carbocycles. The third-order valence-electron chi connectivity index (χ3n) is 4.56. The maximum atomic E-state index is 12.4. The van der Waals surface area contributed by atoms with E-state index in [-0.39, 0.29) is 17.4 Å². The second-order valence-corrected chi connectivity index (χ2v) is 7.19. The van der Waals surface area contributed by atoms with Gasteiger partial charge in [-0.15, -0.1) is 11.3 Å². The summed E-state index contributed by atoms with van der Waals surface area (Å²) in [6.45, 7) is 4.69. The highest BCUT2D eigenvalue weighted by atomic mass is 32.1. The number of thiazole rings is 1. The molecule has 1 atom stereocenters. The number of carbonyl (C=O) groups is 1. The van der Waals surface area contributed by atoms with Gasteiger partial charge in [0.1, 0.15) is 5.01 Å². The van der Waals surface area contributed by atoms with Crippen molar-refractivity contribution in [3.05, 3.63) is 16.1 Å². The van der Waals surface area contributed by atoms with Gasteiger partial charge in [-0.05, 0) is 38.1 Å². The van der Waals surface area contributed by atoms with Crippen molar-refractivity contribution in [2.75, 3.05) is 6.54 Å². The second-order valence-electron chi connectivity index (χ2n) is 6.30. The number of amides is 1. The van der Waals surface area contributed by atoms with E-state index in [1.54, 1.807) is 11.3 Å². The summed E-state index contributed by atoms with van der Waals surface area (Å²) in [6.07, 6.45) is 7.28. The van der Waals surface area contributed by atoms with Crippen molar-refractivity contribution in [1.82, 2.24) is 10.3 Å². The number of hydrogen-bond donors (Lipinski definition) is 2. The molecule has 0 aromatic carbocycles. The van der Waals surface area contributed by atoms with E-state index in [1.165, 1.54) is 19.3 Å². The zero-order chi connectivity index (χ0) is 15.3. The van der Waals surface area contributed by atoms with Gasteiger partial charge in [-0.25, -0.2) is 4.98 Å². The zero-order valence-corrected chi connectivity index (χ0v) is 14.0. The molecular formula is C16H27N3OS. The molecule has 1 fully saturated rings. The third-order valence-corrected chi connectivity index (χ3v) is 5.64. The Morgan fingerprint density at radius 3 is 2.71 bits per heavy atom. The summed E-state index contributed by atoms with van der Waals surface area (Å²) in [7, 11) is 0. The molecule has 3 N–H and O–H groups in total. The minimum absolute atomic E-state index is 0.0272. The largest absolute Gasteiger partial charge is 0.347 e. The van der Waals surface area contributed by atoms with Gasteiger partial charge in [0, 0.05) is 17.5 Å². The van der Waals surface area contributed by atoms with E-state index in [0.29, 0.717) is 13.0 Å². The Kier molecular flexibility index (Phi) is 5.76. The van der Waals surface area contributed by atoms with Crippen molar-refractivity contribution < 1.29 is 4.79 Å². The molecule has 0 spiro atoms. The van der Waals surface area contributed by atoms with E-state index in [1.807, 2.05) is 12.3 Å². The summed E-state index contributed by atoms with van der Waals surface area (Å²) in [4.78, 5) is 16.9. The summed E-state index contributed by atoms with van der Waals surface area (Å²) < 4.78 is 0. The first-order valence-corrected chi connectivity index (χ1v) is 8.88. The van der Waals surface area contributed by atoms with Crippen LogP contribution in [0.2, 0.25) is 0 Å². The summed E-state index contributed by atoms with van der Waals surface area (Å²) in [5.74, 6) is 0.127. The van der Waals surface area contributed by atoms with Gasteiger partial charge >= 0.3 is 0 Å². The van der Waals surface area contributed by atoms with E-state index in [2.05, 4.69) is 17.2 Å². The second kappa shape index (κ2) is 7.36. The molecule has 1 aromatic rings. The maximum Gasteiger partial charge on any atom is 0.221 e. The van der Waals surface area contributed by atoms with Crippen LogP contribution in [0, 0.1) is 12.3 Å². The van der Waals surface area contributed by atoms with Crippen LogP contribution in [0.4, 0.5) is 0 Å². The smallest absolute Gasteiger partial charge is 0.221 e. The predicted octanol–water partition coefficient (Wildman–Crippen LogP) is 3.32. The molecule has 21 heavy (non-hydrogen) atoms. The van der Waals surface area contributed by atoms with Crippen molar-refractivity contribution in [2.45, 2.75) is 64.8 Å². The lowest BCUT2D eigenvalue weighted by atomic mass is 9.71. The molecule has 4 nitrogen and oxygen atoms in total. The van der Waals surface area contributed by atoms with E-state index >= 15 is 0 Å². The fourth-order valence-corrected chi connectivity index (χ4v) is 4.14. The Bertz CT molecular complexity index is 466. The minimum atomic E-state index is 0.0272. The summed E-state index contributed by atoms with van der Waals surface area (Å²) in [5.41, 5.74) is 7.02. The summed E-state index contributed by atoms with van der Waals surface area (Å²) in [6, 6.07) is 0.0367. The molecular weight excluding hydrogens is 282 g/mol. The molecule has 0 bridgehead atoms. The van der Waals surface area contributed by atoms with Gasteiger partial charge in [0.2, 0.25) is 5.91 Å². The lowest BCUT2D eigenvalue weighted by molar-refractivity contribution is -0.124. The third kappa shape index (κ3) is 4.27. The lowest BCUT2D eigenvalue weighted by Crippen LogP contribution is -2.39. The first-order chi connectivity index (χ1) is 10.1. The van der Waals surface area contributed by atoms with Crippen molar-refractivity contribution in [2.24, 2.45) is 11.1 Å². The van der Waals surface area contributed by atoms with Gasteiger partial charge in [-0.2, -0.15) is 0 Å². The standard InChI is InChI=1S/C16H27N3OS/c1-3-13(15-18-12(2)10-21-15)19-14(20)9-16(11-17)7-5-4-6-8-16/h10,13H,3-9,11,17H2,1-2H3,(H,19,20). The topological polar surface area (TPSA) is 68.0 Å². The predicted molar refractivity (Wildman–Crippen MR) is 87.2 cm³/mol. The zero-order valence-electron chi connectivity index (χ0n) is 13.2. The minimum Gasteiger partial charge on any atom is -0.347 e. The molecule has 1 aromatic heterocycles. The summed E-state index contributed by atoms with van der Waals surface area (Å²) >= 11 is 1.62. The fraction of sp³-hybridized carbons (Fsp3) is 0.750. The molecule has 1 saturated carbocycles. The Hall–Kier alpha value is -0.940. The number of aromatic nitrogens is 1. The number of carbonyl (C=O) groups excluding carboxylic acids is 1. The molecule has 1 amide bonds. The van der Waals surface area contributed by atoms with Crippen LogP contribution in [0.5, 0.6) is 0 Å². The van der Waals surface area contributed by atoms with Gasteiger partial charge in [0.15, 0.2) is 0 Å². The van der Waals surface area contributed by atoms with Crippen LogP contribution in [-0.2, 0) is 4.79 Å². The molecule has 5 heteroatoms. The molecule has 2 rings (SSSR count). The number of rotatable bonds is 6. The van der Waals surface area contributed by atoms with Gasteiger partial charge in [-0.3, -0.25) is 4.79 Å². The van der Waals surface area contributed by atoms with Crippen LogP contribution in [0.15, 0.2) is 5.38 Å². The Labute approximate surface area is 131 Å². The molecule has 0 saturated heterocycles. The highest BCUT2D eigenvalue weighted by Gasteiger charge is 2.33. The molecule has 1 unspecified atom stereocenters. The average molecular weight is 309 g/mol. The molecule has 0 aliphatic heterocycles. The quantitative estimate of drug-likeness (QED) is 0.847. The van der Waals surface area contributed by atoms with Crippen molar-refractivity contribution >= 4 is 17.2 Å². The Morgan fingerprint density at radius 2 is 2.19 bits per heavy atom. The van der Waals surface area contributed by atoms with E-state index in [0.717, 1.165) is 30.0 Å². The number of nitrogens with zero attached hydrogens (tertiary/aromatic N) is 1. The van der Waals surface area contributed by atoms with Crippen LogP contribution in [0.25, 0.3) is 0 Å². The van der Waals surface area contributed by atoms with E-state index < -0.39 is 0 Å². The van der Waals surface area contributed by atoms with Crippen LogP contribution in [-0.4, -0.2) is 17.4 Å². The van der Waals surface area contributed by atoms with Gasteiger partial charge in [0.25, 0.3) is 0 Å². The van der Waals surface area contributed by atoms with Crippen LogP contribution in [0.1, 0.15) is 68.6 Å². The number of hydrogen-bond acceptors (Lipinski definition) is 4. The number of aryl methyl sites for hydroxylation is 1. The van der Waals surface area contributed by atoms with E-state index in [9.17, 15) is 4.79 Å². The lowest BCUT2D eigenvalue weighted by Gasteiger charge is -2.36. The molecule has 1 heterocycles. The van der Waals surface area contributed by atoms with Crippen LogP contribution in [0.3, 0.4) is 0 Å². The van der Waals surface area contributed by atoms with Crippen LogP contribution < -0.4 is 11.1 Å². The normalized spacial score (nSPS) is 19.2. The maximum absolute atomic E-state index is 12.4. The summed E-state index contributed by atoms with van der Waals surface area (Å²) in [5, 5.41) is 6.20. The van der Waals surface area contributed by atoms with Gasteiger partial charge in [0.05, 0.1) is 6.04 Å². The van der Waals surface area contributed by atoms with Crippen molar-refractivity contribution in [1.29, 1.82) is 0 Å². The monoisotopic (exact) mass is 309 g/mol. The molecule has 118 valence electrons. The van der Waals surface area contributed by atoms with Crippen LogP contribution >= 0.6 is 11.3 Å². The first-order valence-electron chi connectivity index (χ1n) is 8.00. The molecule has 1 aliphatic rings. The molecule has 0 radical (unpaired) electrons. The van der Waals surface area contributed by atoms with Crippen molar-refractivity contribution in [3.63, 3.8) is 0 Å². The fourth-order valence-electron chi connectivity index (χ4n) is 3.21.